The van der Waals surface area contributed by atoms with E-state index in [1.165, 1.54) is 12.1 Å². The average molecular weight is 342 g/mol. The van der Waals surface area contributed by atoms with Crippen LogP contribution in [0.25, 0.3) is 0 Å². The topological polar surface area (TPSA) is 61.8 Å². The first kappa shape index (κ1) is 18.4. The maximum absolute atomic E-state index is 12.6. The lowest BCUT2D eigenvalue weighted by Crippen LogP contribution is -2.52. The predicted octanol–water partition coefficient (Wildman–Crippen LogP) is 3.30. The molecule has 7 heteroatoms. The molecule has 134 valence electrons. The fourth-order valence-corrected chi connectivity index (χ4v) is 3.06. The van der Waals surface area contributed by atoms with Gasteiger partial charge in [0.25, 0.3) is 0 Å². The normalized spacial score (nSPS) is 21.8. The number of likely N-dealkylation sites (tertiary alicyclic amines) is 1. The van der Waals surface area contributed by atoms with E-state index in [0.717, 1.165) is 18.4 Å². The molecule has 2 N–H and O–H groups in total. The molecule has 1 heterocycles. The molecule has 1 aliphatic rings. The standard InChI is InChI=1S/C17H24F2N2O3/c1-3-14(12-5-7-13(8-6-12)24-15(18)19)20-16(23)21-10-4-9-17(21,2)11-22/h5-8,14-15,22H,3-4,9-11H2,1-2H3,(H,20,23)/t14-,17-/m1/s1. The molecule has 1 fully saturated rings. The molecule has 0 saturated carbocycles. The molecular formula is C17H24F2N2O3. The molecule has 2 amide bonds. The first-order valence-electron chi connectivity index (χ1n) is 8.13. The summed E-state index contributed by atoms with van der Waals surface area (Å²) in [5.74, 6) is 0.0855. The second-order valence-electron chi connectivity index (χ2n) is 6.27. The molecule has 1 aromatic carbocycles. The van der Waals surface area contributed by atoms with Crippen molar-refractivity contribution in [2.75, 3.05) is 13.2 Å². The number of ether oxygens (including phenoxy) is 1. The minimum absolute atomic E-state index is 0.0725. The number of alkyl halides is 2. The van der Waals surface area contributed by atoms with Crippen molar-refractivity contribution in [2.45, 2.75) is 51.3 Å². The number of halogens is 2. The molecule has 1 aliphatic heterocycles. The van der Waals surface area contributed by atoms with Gasteiger partial charge in [-0.1, -0.05) is 19.1 Å². The smallest absolute Gasteiger partial charge is 0.387 e. The molecule has 0 bridgehead atoms. The van der Waals surface area contributed by atoms with E-state index >= 15 is 0 Å². The van der Waals surface area contributed by atoms with Crippen molar-refractivity contribution in [3.63, 3.8) is 0 Å². The van der Waals surface area contributed by atoms with Crippen LogP contribution in [0.5, 0.6) is 5.75 Å². The Bertz CT molecular complexity index is 553. The van der Waals surface area contributed by atoms with Crippen LogP contribution in [0.2, 0.25) is 0 Å². The van der Waals surface area contributed by atoms with Crippen LogP contribution < -0.4 is 10.1 Å². The van der Waals surface area contributed by atoms with E-state index in [4.69, 9.17) is 0 Å². The fourth-order valence-electron chi connectivity index (χ4n) is 3.06. The quantitative estimate of drug-likeness (QED) is 0.834. The van der Waals surface area contributed by atoms with Crippen LogP contribution in [0.15, 0.2) is 24.3 Å². The number of carbonyl (C=O) groups is 1. The summed E-state index contributed by atoms with van der Waals surface area (Å²) in [6, 6.07) is 5.81. The number of nitrogens with zero attached hydrogens (tertiary/aromatic N) is 1. The predicted molar refractivity (Wildman–Crippen MR) is 86.1 cm³/mol. The van der Waals surface area contributed by atoms with Gasteiger partial charge in [-0.2, -0.15) is 8.78 Å². The van der Waals surface area contributed by atoms with Gasteiger partial charge in [-0.05, 0) is 43.9 Å². The number of aliphatic hydroxyl groups excluding tert-OH is 1. The number of nitrogens with one attached hydrogen (secondary N) is 1. The summed E-state index contributed by atoms with van der Waals surface area (Å²) in [6.07, 6.45) is 2.29. The third-order valence-corrected chi connectivity index (χ3v) is 4.55. The maximum atomic E-state index is 12.6. The van der Waals surface area contributed by atoms with E-state index in [0.29, 0.717) is 13.0 Å². The van der Waals surface area contributed by atoms with E-state index in [1.807, 2.05) is 13.8 Å². The molecule has 2 rings (SSSR count). The Morgan fingerprint density at radius 3 is 2.62 bits per heavy atom. The zero-order valence-electron chi connectivity index (χ0n) is 14.0. The van der Waals surface area contributed by atoms with Gasteiger partial charge in [0.2, 0.25) is 0 Å². The molecule has 0 aromatic heterocycles. The number of hydrogen-bond donors (Lipinski definition) is 2. The van der Waals surface area contributed by atoms with Gasteiger partial charge in [-0.15, -0.1) is 0 Å². The van der Waals surface area contributed by atoms with Crippen molar-refractivity contribution in [3.05, 3.63) is 29.8 Å². The Hall–Kier alpha value is -1.89. The lowest BCUT2D eigenvalue weighted by molar-refractivity contribution is -0.0498. The third kappa shape index (κ3) is 4.14. The highest BCUT2D eigenvalue weighted by atomic mass is 19.3. The van der Waals surface area contributed by atoms with Gasteiger partial charge in [0.05, 0.1) is 18.2 Å². The summed E-state index contributed by atoms with van der Waals surface area (Å²) in [5, 5.41) is 12.5. The Balaban J connectivity index is 2.05. The van der Waals surface area contributed by atoms with Crippen molar-refractivity contribution in [1.29, 1.82) is 0 Å². The molecule has 0 aliphatic carbocycles. The van der Waals surface area contributed by atoms with E-state index in [9.17, 15) is 18.7 Å². The number of amides is 2. The Morgan fingerprint density at radius 2 is 2.08 bits per heavy atom. The van der Waals surface area contributed by atoms with Crippen LogP contribution in [0.4, 0.5) is 13.6 Å². The molecular weight excluding hydrogens is 318 g/mol. The lowest BCUT2D eigenvalue weighted by atomic mass is 10.0. The summed E-state index contributed by atoms with van der Waals surface area (Å²) in [5.41, 5.74) is 0.287. The van der Waals surface area contributed by atoms with Gasteiger partial charge in [0, 0.05) is 6.54 Å². The summed E-state index contributed by atoms with van der Waals surface area (Å²) >= 11 is 0. The van der Waals surface area contributed by atoms with E-state index in [1.54, 1.807) is 17.0 Å². The number of urea groups is 1. The molecule has 0 spiro atoms. The van der Waals surface area contributed by atoms with Gasteiger partial charge < -0.3 is 20.1 Å². The highest BCUT2D eigenvalue weighted by Gasteiger charge is 2.39. The number of carbonyl (C=O) groups excluding carboxylic acids is 1. The second kappa shape index (κ2) is 7.79. The monoisotopic (exact) mass is 342 g/mol. The minimum Gasteiger partial charge on any atom is -0.435 e. The molecule has 5 nitrogen and oxygen atoms in total. The first-order chi connectivity index (χ1) is 11.4. The molecule has 0 unspecified atom stereocenters. The average Bonchev–Trinajstić information content (AvgIpc) is 2.95. The first-order valence-corrected chi connectivity index (χ1v) is 8.13. The summed E-state index contributed by atoms with van der Waals surface area (Å²) in [4.78, 5) is 14.2. The van der Waals surface area contributed by atoms with Crippen LogP contribution in [-0.2, 0) is 0 Å². The van der Waals surface area contributed by atoms with Crippen molar-refractivity contribution < 1.29 is 23.4 Å². The zero-order valence-corrected chi connectivity index (χ0v) is 14.0. The fraction of sp³-hybridized carbons (Fsp3) is 0.588. The SMILES string of the molecule is CC[C@@H](NC(=O)N1CCC[C@]1(C)CO)c1ccc(OC(F)F)cc1. The lowest BCUT2D eigenvalue weighted by Gasteiger charge is -2.34. The second-order valence-corrected chi connectivity index (χ2v) is 6.27. The molecule has 1 saturated heterocycles. The third-order valence-electron chi connectivity index (χ3n) is 4.55. The summed E-state index contributed by atoms with van der Waals surface area (Å²) < 4.78 is 28.7. The van der Waals surface area contributed by atoms with E-state index < -0.39 is 12.2 Å². The Morgan fingerprint density at radius 1 is 1.42 bits per heavy atom. The van der Waals surface area contributed by atoms with Crippen molar-refractivity contribution in [3.8, 4) is 5.75 Å². The van der Waals surface area contributed by atoms with Crippen LogP contribution in [0, 0.1) is 0 Å². The van der Waals surface area contributed by atoms with Gasteiger partial charge >= 0.3 is 12.6 Å². The van der Waals surface area contributed by atoms with Crippen LogP contribution in [-0.4, -0.2) is 41.3 Å². The number of aliphatic hydroxyl groups is 1. The summed E-state index contributed by atoms with van der Waals surface area (Å²) in [7, 11) is 0. The van der Waals surface area contributed by atoms with E-state index in [-0.39, 0.29) is 24.4 Å². The highest BCUT2D eigenvalue weighted by Crippen LogP contribution is 2.29. The molecule has 1 aromatic rings. The summed E-state index contributed by atoms with van der Waals surface area (Å²) in [6.45, 7) is 1.49. The maximum Gasteiger partial charge on any atom is 0.387 e. The van der Waals surface area contributed by atoms with Crippen LogP contribution >= 0.6 is 0 Å². The Labute approximate surface area is 140 Å². The van der Waals surface area contributed by atoms with Crippen LogP contribution in [0.1, 0.15) is 44.7 Å². The molecule has 0 radical (unpaired) electrons. The minimum atomic E-state index is -2.86. The van der Waals surface area contributed by atoms with Crippen molar-refractivity contribution in [1.82, 2.24) is 10.2 Å². The van der Waals surface area contributed by atoms with Crippen molar-refractivity contribution >= 4 is 6.03 Å². The van der Waals surface area contributed by atoms with Crippen LogP contribution in [0.3, 0.4) is 0 Å². The van der Waals surface area contributed by atoms with Gasteiger partial charge in [0.15, 0.2) is 0 Å². The highest BCUT2D eigenvalue weighted by molar-refractivity contribution is 5.76. The zero-order chi connectivity index (χ0) is 17.7. The number of hydrogen-bond acceptors (Lipinski definition) is 3. The van der Waals surface area contributed by atoms with E-state index in [2.05, 4.69) is 10.1 Å². The largest absolute Gasteiger partial charge is 0.435 e. The molecule has 2 atom stereocenters. The number of rotatable bonds is 6. The van der Waals surface area contributed by atoms with Gasteiger partial charge in [-0.3, -0.25) is 0 Å². The Kier molecular flexibility index (Phi) is 5.99. The van der Waals surface area contributed by atoms with Gasteiger partial charge in [-0.25, -0.2) is 4.79 Å². The number of benzene rings is 1. The van der Waals surface area contributed by atoms with Gasteiger partial charge in [0.1, 0.15) is 5.75 Å². The molecule has 24 heavy (non-hydrogen) atoms. The van der Waals surface area contributed by atoms with Crippen molar-refractivity contribution in [2.24, 2.45) is 0 Å².